The topological polar surface area (TPSA) is 59.0 Å². The summed E-state index contributed by atoms with van der Waals surface area (Å²) in [7, 11) is 0. The molecule has 108 valence electrons. The summed E-state index contributed by atoms with van der Waals surface area (Å²) in [5.41, 5.74) is 2.24. The fourth-order valence-corrected chi connectivity index (χ4v) is 1.88. The average Bonchev–Trinajstić information content (AvgIpc) is 2.67. The fourth-order valence-electron chi connectivity index (χ4n) is 1.88. The first-order valence-corrected chi connectivity index (χ1v) is 7.04. The van der Waals surface area contributed by atoms with Gasteiger partial charge in [0, 0.05) is 18.3 Å². The summed E-state index contributed by atoms with van der Waals surface area (Å²) in [4.78, 5) is 11.5. The quantitative estimate of drug-likeness (QED) is 0.699. The van der Waals surface area contributed by atoms with E-state index in [9.17, 15) is 4.79 Å². The van der Waals surface area contributed by atoms with Gasteiger partial charge < -0.3 is 10.6 Å². The first-order chi connectivity index (χ1) is 9.02. The van der Waals surface area contributed by atoms with Gasteiger partial charge >= 0.3 is 0 Å². The Morgan fingerprint density at radius 2 is 2.21 bits per heavy atom. The van der Waals surface area contributed by atoms with Gasteiger partial charge in [0.25, 0.3) is 0 Å². The highest BCUT2D eigenvalue weighted by molar-refractivity contribution is 5.78. The lowest BCUT2D eigenvalue weighted by Gasteiger charge is -2.11. The number of nitrogens with zero attached hydrogens (tertiary/aromatic N) is 2. The molecule has 1 rings (SSSR count). The van der Waals surface area contributed by atoms with Crippen molar-refractivity contribution in [1.82, 2.24) is 20.4 Å². The predicted octanol–water partition coefficient (Wildman–Crippen LogP) is 1.39. The second-order valence-electron chi connectivity index (χ2n) is 5.06. The van der Waals surface area contributed by atoms with E-state index >= 15 is 0 Å². The van der Waals surface area contributed by atoms with Gasteiger partial charge in [0.1, 0.15) is 0 Å². The van der Waals surface area contributed by atoms with Crippen LogP contribution in [0.4, 0.5) is 0 Å². The van der Waals surface area contributed by atoms with Crippen molar-refractivity contribution < 1.29 is 4.79 Å². The number of amides is 1. The van der Waals surface area contributed by atoms with E-state index in [1.165, 1.54) is 5.69 Å². The fraction of sp³-hybridized carbons (Fsp3) is 0.714. The monoisotopic (exact) mass is 266 g/mol. The van der Waals surface area contributed by atoms with Gasteiger partial charge in [0.2, 0.25) is 5.91 Å². The van der Waals surface area contributed by atoms with Gasteiger partial charge in [-0.15, -0.1) is 0 Å². The lowest BCUT2D eigenvalue weighted by Crippen LogP contribution is -2.39. The number of carbonyl (C=O) groups is 1. The van der Waals surface area contributed by atoms with E-state index < -0.39 is 0 Å². The van der Waals surface area contributed by atoms with Crippen LogP contribution >= 0.6 is 0 Å². The van der Waals surface area contributed by atoms with Crippen molar-refractivity contribution in [2.24, 2.45) is 0 Å². The van der Waals surface area contributed by atoms with Crippen molar-refractivity contribution in [3.63, 3.8) is 0 Å². The maximum Gasteiger partial charge on any atom is 0.234 e. The number of aryl methyl sites for hydroxylation is 3. The summed E-state index contributed by atoms with van der Waals surface area (Å²) in [5, 5.41) is 10.5. The maximum atomic E-state index is 11.5. The lowest BCUT2D eigenvalue weighted by molar-refractivity contribution is -0.120. The van der Waals surface area contributed by atoms with Gasteiger partial charge in [-0.25, -0.2) is 0 Å². The van der Waals surface area contributed by atoms with Crippen molar-refractivity contribution in [2.45, 2.75) is 53.1 Å². The SMILES string of the molecule is CCC(C)NC(=O)CNCCCn1nc(C)cc1C. The molecule has 0 saturated heterocycles. The highest BCUT2D eigenvalue weighted by Gasteiger charge is 2.04. The van der Waals surface area contributed by atoms with E-state index in [1.54, 1.807) is 0 Å². The van der Waals surface area contributed by atoms with Gasteiger partial charge in [-0.05, 0) is 46.2 Å². The molecule has 1 aromatic rings. The van der Waals surface area contributed by atoms with Crippen LogP contribution in [0, 0.1) is 13.8 Å². The molecule has 1 aromatic heterocycles. The highest BCUT2D eigenvalue weighted by atomic mass is 16.1. The van der Waals surface area contributed by atoms with Crippen LogP contribution in [-0.2, 0) is 11.3 Å². The third-order valence-corrected chi connectivity index (χ3v) is 3.13. The molecule has 0 radical (unpaired) electrons. The zero-order valence-electron chi connectivity index (χ0n) is 12.5. The minimum absolute atomic E-state index is 0.0699. The van der Waals surface area contributed by atoms with Crippen LogP contribution in [0.3, 0.4) is 0 Å². The van der Waals surface area contributed by atoms with Crippen LogP contribution in [-0.4, -0.2) is 34.8 Å². The van der Waals surface area contributed by atoms with Crippen LogP contribution in [0.2, 0.25) is 0 Å². The summed E-state index contributed by atoms with van der Waals surface area (Å²) in [6.45, 7) is 10.2. The van der Waals surface area contributed by atoms with Crippen molar-refractivity contribution >= 4 is 5.91 Å². The molecular weight excluding hydrogens is 240 g/mol. The normalized spacial score (nSPS) is 12.4. The average molecular weight is 266 g/mol. The second kappa shape index (κ2) is 7.94. The Hall–Kier alpha value is -1.36. The Labute approximate surface area is 115 Å². The highest BCUT2D eigenvalue weighted by Crippen LogP contribution is 2.02. The van der Waals surface area contributed by atoms with Crippen LogP contribution < -0.4 is 10.6 Å². The molecule has 0 aliphatic heterocycles. The maximum absolute atomic E-state index is 11.5. The molecule has 0 spiro atoms. The van der Waals surface area contributed by atoms with E-state index in [-0.39, 0.29) is 11.9 Å². The Morgan fingerprint density at radius 1 is 1.47 bits per heavy atom. The molecule has 0 aliphatic carbocycles. The molecule has 1 amide bonds. The molecular formula is C14H26N4O. The Morgan fingerprint density at radius 3 is 2.79 bits per heavy atom. The van der Waals surface area contributed by atoms with Gasteiger partial charge in [-0.2, -0.15) is 5.10 Å². The predicted molar refractivity (Wildman–Crippen MR) is 77.1 cm³/mol. The first-order valence-electron chi connectivity index (χ1n) is 7.04. The number of aromatic nitrogens is 2. The Kier molecular flexibility index (Phi) is 6.56. The molecule has 0 bridgehead atoms. The van der Waals surface area contributed by atoms with Gasteiger partial charge in [-0.1, -0.05) is 6.92 Å². The van der Waals surface area contributed by atoms with Crippen molar-refractivity contribution in [2.75, 3.05) is 13.1 Å². The number of hydrogen-bond acceptors (Lipinski definition) is 3. The molecule has 1 atom stereocenters. The van der Waals surface area contributed by atoms with Crippen molar-refractivity contribution in [3.8, 4) is 0 Å². The van der Waals surface area contributed by atoms with E-state index in [0.717, 1.165) is 31.6 Å². The van der Waals surface area contributed by atoms with Crippen LogP contribution in [0.25, 0.3) is 0 Å². The van der Waals surface area contributed by atoms with Crippen molar-refractivity contribution in [1.29, 1.82) is 0 Å². The molecule has 1 unspecified atom stereocenters. The smallest absolute Gasteiger partial charge is 0.234 e. The Bertz CT molecular complexity index is 400. The molecule has 2 N–H and O–H groups in total. The number of nitrogens with one attached hydrogen (secondary N) is 2. The van der Waals surface area contributed by atoms with Gasteiger partial charge in [0.15, 0.2) is 0 Å². The summed E-state index contributed by atoms with van der Waals surface area (Å²) in [6, 6.07) is 2.33. The van der Waals surface area contributed by atoms with Gasteiger partial charge in [-0.3, -0.25) is 9.48 Å². The second-order valence-corrected chi connectivity index (χ2v) is 5.06. The third-order valence-electron chi connectivity index (χ3n) is 3.13. The third kappa shape index (κ3) is 5.87. The van der Waals surface area contributed by atoms with E-state index in [1.807, 2.05) is 18.5 Å². The lowest BCUT2D eigenvalue weighted by atomic mass is 10.2. The van der Waals surface area contributed by atoms with Crippen LogP contribution in [0.5, 0.6) is 0 Å². The molecule has 0 fully saturated rings. The summed E-state index contributed by atoms with van der Waals surface area (Å²) < 4.78 is 2.01. The molecule has 0 saturated carbocycles. The Balaban J connectivity index is 2.11. The largest absolute Gasteiger partial charge is 0.353 e. The molecule has 5 heteroatoms. The zero-order chi connectivity index (χ0) is 14.3. The number of carbonyl (C=O) groups excluding carboxylic acids is 1. The van der Waals surface area contributed by atoms with Crippen molar-refractivity contribution in [3.05, 3.63) is 17.5 Å². The first kappa shape index (κ1) is 15.7. The van der Waals surface area contributed by atoms with Gasteiger partial charge in [0.05, 0.1) is 12.2 Å². The molecule has 19 heavy (non-hydrogen) atoms. The van der Waals surface area contributed by atoms with E-state index in [4.69, 9.17) is 0 Å². The molecule has 5 nitrogen and oxygen atoms in total. The van der Waals surface area contributed by atoms with E-state index in [0.29, 0.717) is 6.54 Å². The number of rotatable bonds is 8. The zero-order valence-corrected chi connectivity index (χ0v) is 12.5. The summed E-state index contributed by atoms with van der Waals surface area (Å²) in [6.07, 6.45) is 1.93. The number of hydrogen-bond donors (Lipinski definition) is 2. The van der Waals surface area contributed by atoms with Crippen LogP contribution in [0.15, 0.2) is 6.07 Å². The minimum Gasteiger partial charge on any atom is -0.353 e. The molecule has 0 aliphatic rings. The minimum atomic E-state index is 0.0699. The van der Waals surface area contributed by atoms with E-state index in [2.05, 4.69) is 35.6 Å². The summed E-state index contributed by atoms with van der Waals surface area (Å²) in [5.74, 6) is 0.0699. The summed E-state index contributed by atoms with van der Waals surface area (Å²) >= 11 is 0. The molecule has 0 aromatic carbocycles. The standard InChI is InChI=1S/C14H26N4O/c1-5-11(2)16-14(19)10-15-7-6-8-18-13(4)9-12(3)17-18/h9,11,15H,5-8,10H2,1-4H3,(H,16,19). The molecule has 1 heterocycles. The van der Waals surface area contributed by atoms with Crippen LogP contribution in [0.1, 0.15) is 38.1 Å².